The number of carbonyl (C=O) groups is 1. The Morgan fingerprint density at radius 2 is 1.95 bits per heavy atom. The van der Waals surface area contributed by atoms with Gasteiger partial charge in [0.15, 0.2) is 8.32 Å². The Morgan fingerprint density at radius 1 is 1.29 bits per heavy atom. The molecule has 5 heteroatoms. The number of carbonyl (C=O) groups excluding carboxylic acids is 1. The summed E-state index contributed by atoms with van der Waals surface area (Å²) in [5.41, 5.74) is 1.69. The number of rotatable bonds is 4. The van der Waals surface area contributed by atoms with Gasteiger partial charge in [0.05, 0.1) is 19.8 Å². The van der Waals surface area contributed by atoms with Crippen LogP contribution in [0.4, 0.5) is 0 Å². The van der Waals surface area contributed by atoms with Crippen LogP contribution in [0, 0.1) is 0 Å². The maximum absolute atomic E-state index is 12.1. The van der Waals surface area contributed by atoms with Crippen LogP contribution in [0.1, 0.15) is 42.7 Å². The van der Waals surface area contributed by atoms with E-state index in [-0.39, 0.29) is 17.0 Å². The number of ether oxygens (including phenoxy) is 1. The molecule has 0 spiro atoms. The van der Waals surface area contributed by atoms with E-state index in [4.69, 9.17) is 9.16 Å². The van der Waals surface area contributed by atoms with Crippen molar-refractivity contribution in [3.63, 3.8) is 0 Å². The zero-order chi connectivity index (χ0) is 15.8. The molecular formula is C16H25NO3Si. The fraction of sp³-hybridized carbons (Fsp3) is 0.562. The van der Waals surface area contributed by atoms with E-state index in [0.717, 1.165) is 5.56 Å². The minimum absolute atomic E-state index is 0.0484. The van der Waals surface area contributed by atoms with Crippen LogP contribution < -0.4 is 10.1 Å². The van der Waals surface area contributed by atoms with Crippen molar-refractivity contribution in [3.05, 3.63) is 29.3 Å². The van der Waals surface area contributed by atoms with Crippen LogP contribution in [-0.2, 0) is 4.43 Å². The van der Waals surface area contributed by atoms with E-state index in [1.54, 1.807) is 13.2 Å². The number of nitrogens with one attached hydrogen (secondary N) is 1. The van der Waals surface area contributed by atoms with Gasteiger partial charge < -0.3 is 14.5 Å². The molecule has 1 amide bonds. The Labute approximate surface area is 128 Å². The van der Waals surface area contributed by atoms with Gasteiger partial charge >= 0.3 is 0 Å². The standard InChI is InChI=1S/C16H25NO3Si/c1-16(2,3)21(5,6)20-10-14-12-8-7-11(19-4)9-13(12)15(18)17-14/h7-9,14H,10H2,1-6H3,(H,17,18)/t14-/m0/s1. The van der Waals surface area contributed by atoms with Crippen molar-refractivity contribution in [3.8, 4) is 5.75 Å². The highest BCUT2D eigenvalue weighted by atomic mass is 28.4. The molecule has 0 bridgehead atoms. The highest BCUT2D eigenvalue weighted by Gasteiger charge is 2.39. The van der Waals surface area contributed by atoms with E-state index in [1.807, 2.05) is 12.1 Å². The molecule has 1 heterocycles. The number of hydrogen-bond acceptors (Lipinski definition) is 3. The number of amides is 1. The summed E-state index contributed by atoms with van der Waals surface area (Å²) in [6, 6.07) is 5.56. The summed E-state index contributed by atoms with van der Waals surface area (Å²) in [6.07, 6.45) is 0. The first-order valence-corrected chi connectivity index (χ1v) is 10.2. The highest BCUT2D eigenvalue weighted by molar-refractivity contribution is 6.74. The average molecular weight is 307 g/mol. The Balaban J connectivity index is 2.14. The zero-order valence-electron chi connectivity index (χ0n) is 13.7. The molecule has 0 unspecified atom stereocenters. The summed E-state index contributed by atoms with van der Waals surface area (Å²) in [7, 11) is -0.206. The van der Waals surface area contributed by atoms with Crippen LogP contribution in [0.2, 0.25) is 18.1 Å². The molecule has 116 valence electrons. The monoisotopic (exact) mass is 307 g/mol. The van der Waals surface area contributed by atoms with E-state index in [2.05, 4.69) is 39.2 Å². The van der Waals surface area contributed by atoms with E-state index >= 15 is 0 Å². The quantitative estimate of drug-likeness (QED) is 0.866. The number of methoxy groups -OCH3 is 1. The second-order valence-electron chi connectivity index (χ2n) is 7.05. The first-order chi connectivity index (χ1) is 9.65. The minimum Gasteiger partial charge on any atom is -0.497 e. The van der Waals surface area contributed by atoms with Crippen molar-refractivity contribution < 1.29 is 14.0 Å². The lowest BCUT2D eigenvalue weighted by molar-refractivity contribution is 0.0943. The number of hydrogen-bond donors (Lipinski definition) is 1. The SMILES string of the molecule is COc1ccc2c(c1)C(=O)N[C@H]2CO[Si](C)(C)C(C)(C)C. The maximum atomic E-state index is 12.1. The zero-order valence-corrected chi connectivity index (χ0v) is 14.7. The molecule has 4 nitrogen and oxygen atoms in total. The third-order valence-electron chi connectivity index (χ3n) is 4.60. The number of benzene rings is 1. The van der Waals surface area contributed by atoms with Gasteiger partial charge in [-0.15, -0.1) is 0 Å². The summed E-state index contributed by atoms with van der Waals surface area (Å²) < 4.78 is 11.4. The van der Waals surface area contributed by atoms with Gasteiger partial charge in [0, 0.05) is 5.56 Å². The van der Waals surface area contributed by atoms with Crippen LogP contribution >= 0.6 is 0 Å². The average Bonchev–Trinajstić information content (AvgIpc) is 2.71. The first-order valence-electron chi connectivity index (χ1n) is 7.28. The van der Waals surface area contributed by atoms with Crippen LogP contribution in [0.25, 0.3) is 0 Å². The molecule has 1 aliphatic rings. The molecule has 0 saturated heterocycles. The molecule has 21 heavy (non-hydrogen) atoms. The predicted molar refractivity (Wildman–Crippen MR) is 86.4 cm³/mol. The molecule has 0 fully saturated rings. The van der Waals surface area contributed by atoms with Crippen molar-refractivity contribution >= 4 is 14.2 Å². The normalized spacial score (nSPS) is 18.4. The fourth-order valence-electron chi connectivity index (χ4n) is 2.12. The predicted octanol–water partition coefficient (Wildman–Crippen LogP) is 3.50. The fourth-order valence-corrected chi connectivity index (χ4v) is 3.13. The van der Waals surface area contributed by atoms with Crippen LogP contribution in [0.15, 0.2) is 18.2 Å². The van der Waals surface area contributed by atoms with Crippen molar-refractivity contribution in [1.82, 2.24) is 5.32 Å². The van der Waals surface area contributed by atoms with Gasteiger partial charge in [0.1, 0.15) is 5.75 Å². The summed E-state index contributed by atoms with van der Waals surface area (Å²) in [6.45, 7) is 11.6. The van der Waals surface area contributed by atoms with Gasteiger partial charge in [-0.25, -0.2) is 0 Å². The molecule has 0 radical (unpaired) electrons. The second-order valence-corrected chi connectivity index (χ2v) is 11.9. The molecule has 2 rings (SSSR count). The Hall–Kier alpha value is -1.33. The summed E-state index contributed by atoms with van der Waals surface area (Å²) >= 11 is 0. The Bertz CT molecular complexity index is 549. The van der Waals surface area contributed by atoms with E-state index in [9.17, 15) is 4.79 Å². The van der Waals surface area contributed by atoms with Crippen LogP contribution in [-0.4, -0.2) is 27.9 Å². The molecule has 0 aliphatic carbocycles. The Kier molecular flexibility index (Phi) is 4.17. The van der Waals surface area contributed by atoms with E-state index < -0.39 is 8.32 Å². The molecule has 1 aromatic rings. The molecule has 1 N–H and O–H groups in total. The van der Waals surface area contributed by atoms with Crippen LogP contribution in [0.5, 0.6) is 5.75 Å². The third-order valence-corrected chi connectivity index (χ3v) is 9.10. The highest BCUT2D eigenvalue weighted by Crippen LogP contribution is 2.38. The second kappa shape index (κ2) is 5.46. The van der Waals surface area contributed by atoms with Gasteiger partial charge in [0.25, 0.3) is 5.91 Å². The minimum atomic E-state index is -1.81. The first kappa shape index (κ1) is 16.0. The summed E-state index contributed by atoms with van der Waals surface area (Å²) in [5, 5.41) is 3.16. The molecule has 1 aromatic carbocycles. The number of fused-ring (bicyclic) bond motifs is 1. The summed E-state index contributed by atoms with van der Waals surface area (Å²) in [5.74, 6) is 0.655. The van der Waals surface area contributed by atoms with Gasteiger partial charge in [-0.2, -0.15) is 0 Å². The van der Waals surface area contributed by atoms with E-state index in [0.29, 0.717) is 17.9 Å². The van der Waals surface area contributed by atoms with Crippen molar-refractivity contribution in [2.24, 2.45) is 0 Å². The largest absolute Gasteiger partial charge is 0.497 e. The van der Waals surface area contributed by atoms with Crippen molar-refractivity contribution in [2.45, 2.75) is 44.9 Å². The Morgan fingerprint density at radius 3 is 2.52 bits per heavy atom. The molecule has 1 atom stereocenters. The third kappa shape index (κ3) is 3.14. The maximum Gasteiger partial charge on any atom is 0.252 e. The lowest BCUT2D eigenvalue weighted by Gasteiger charge is -2.37. The molecular weight excluding hydrogens is 282 g/mol. The topological polar surface area (TPSA) is 47.6 Å². The molecule has 0 saturated carbocycles. The van der Waals surface area contributed by atoms with Gasteiger partial charge in [-0.05, 0) is 35.8 Å². The smallest absolute Gasteiger partial charge is 0.252 e. The molecule has 0 aromatic heterocycles. The van der Waals surface area contributed by atoms with Crippen molar-refractivity contribution in [1.29, 1.82) is 0 Å². The van der Waals surface area contributed by atoms with Gasteiger partial charge in [-0.1, -0.05) is 26.8 Å². The summed E-state index contributed by atoms with van der Waals surface area (Å²) in [4.78, 5) is 12.1. The van der Waals surface area contributed by atoms with Gasteiger partial charge in [-0.3, -0.25) is 4.79 Å². The molecule has 1 aliphatic heterocycles. The lowest BCUT2D eigenvalue weighted by atomic mass is 10.1. The van der Waals surface area contributed by atoms with Gasteiger partial charge in [0.2, 0.25) is 0 Å². The van der Waals surface area contributed by atoms with E-state index in [1.165, 1.54) is 0 Å². The lowest BCUT2D eigenvalue weighted by Crippen LogP contribution is -2.42. The van der Waals surface area contributed by atoms with Crippen molar-refractivity contribution in [2.75, 3.05) is 13.7 Å². The van der Waals surface area contributed by atoms with Crippen LogP contribution in [0.3, 0.4) is 0 Å².